The molecule has 3 aromatic rings. The number of hydrogen-bond acceptors (Lipinski definition) is 2. The zero-order valence-corrected chi connectivity index (χ0v) is 12.6. The minimum Gasteiger partial charge on any atom is -0.397 e. The molecular formula is C16H9F6NS. The van der Waals surface area contributed by atoms with E-state index in [9.17, 15) is 26.3 Å². The lowest BCUT2D eigenvalue weighted by Crippen LogP contribution is -2.04. The summed E-state index contributed by atoms with van der Waals surface area (Å²) in [4.78, 5) is 0.315. The standard InChI is InChI=1S/C16H9F6NS/c17-15(18,19)9-3-1-2-8(6-9)14-13(23)11-5-4-10(16(20,21)22)7-12(11)24-14/h1-7H,23H2. The van der Waals surface area contributed by atoms with Crippen molar-refractivity contribution in [3.8, 4) is 10.4 Å². The molecule has 24 heavy (non-hydrogen) atoms. The van der Waals surface area contributed by atoms with E-state index in [-0.39, 0.29) is 16.0 Å². The average Bonchev–Trinajstić information content (AvgIpc) is 2.82. The van der Waals surface area contributed by atoms with Crippen LogP contribution in [-0.2, 0) is 12.4 Å². The zero-order valence-electron chi connectivity index (χ0n) is 11.8. The third kappa shape index (κ3) is 2.93. The van der Waals surface area contributed by atoms with Gasteiger partial charge in [-0.1, -0.05) is 18.2 Å². The van der Waals surface area contributed by atoms with E-state index < -0.39 is 23.5 Å². The molecule has 0 aliphatic heterocycles. The third-order valence-electron chi connectivity index (χ3n) is 3.51. The number of alkyl halides is 6. The molecule has 1 nitrogen and oxygen atoms in total. The second kappa shape index (κ2) is 5.41. The van der Waals surface area contributed by atoms with Gasteiger partial charge in [-0.05, 0) is 29.8 Å². The van der Waals surface area contributed by atoms with Crippen LogP contribution in [0, 0.1) is 0 Å². The largest absolute Gasteiger partial charge is 0.416 e. The summed E-state index contributed by atoms with van der Waals surface area (Å²) >= 11 is 0.934. The van der Waals surface area contributed by atoms with Crippen molar-refractivity contribution < 1.29 is 26.3 Å². The number of hydrogen-bond donors (Lipinski definition) is 1. The molecule has 126 valence electrons. The molecule has 1 aromatic heterocycles. The van der Waals surface area contributed by atoms with Crippen molar-refractivity contribution in [3.63, 3.8) is 0 Å². The highest BCUT2D eigenvalue weighted by molar-refractivity contribution is 7.23. The molecule has 2 aromatic carbocycles. The zero-order chi connectivity index (χ0) is 17.7. The SMILES string of the molecule is Nc1c(-c2cccc(C(F)(F)F)c2)sc2cc(C(F)(F)F)ccc12. The summed E-state index contributed by atoms with van der Waals surface area (Å²) in [5.74, 6) is 0. The molecule has 2 N–H and O–H groups in total. The highest BCUT2D eigenvalue weighted by Crippen LogP contribution is 2.44. The van der Waals surface area contributed by atoms with Crippen LogP contribution in [0.3, 0.4) is 0 Å². The van der Waals surface area contributed by atoms with E-state index in [0.29, 0.717) is 10.3 Å². The number of rotatable bonds is 1. The maximum atomic E-state index is 12.8. The Labute approximate surface area is 136 Å². The van der Waals surface area contributed by atoms with Crippen LogP contribution in [0.4, 0.5) is 32.0 Å². The summed E-state index contributed by atoms with van der Waals surface area (Å²) < 4.78 is 77.1. The van der Waals surface area contributed by atoms with Crippen LogP contribution < -0.4 is 5.73 Å². The van der Waals surface area contributed by atoms with Gasteiger partial charge in [-0.2, -0.15) is 26.3 Å². The molecule has 0 spiro atoms. The van der Waals surface area contributed by atoms with Gasteiger partial charge in [0.1, 0.15) is 0 Å². The van der Waals surface area contributed by atoms with Gasteiger partial charge in [0.25, 0.3) is 0 Å². The average molecular weight is 361 g/mol. The van der Waals surface area contributed by atoms with Crippen molar-refractivity contribution in [1.29, 1.82) is 0 Å². The fraction of sp³-hybridized carbons (Fsp3) is 0.125. The fourth-order valence-electron chi connectivity index (χ4n) is 2.34. The second-order valence-corrected chi connectivity index (χ2v) is 6.18. The summed E-state index contributed by atoms with van der Waals surface area (Å²) in [6, 6.07) is 7.64. The lowest BCUT2D eigenvalue weighted by Gasteiger charge is -2.08. The molecule has 0 bridgehead atoms. The predicted molar refractivity (Wildman–Crippen MR) is 81.7 cm³/mol. The summed E-state index contributed by atoms with van der Waals surface area (Å²) in [7, 11) is 0. The Morgan fingerprint density at radius 2 is 1.42 bits per heavy atom. The van der Waals surface area contributed by atoms with Crippen molar-refractivity contribution >= 4 is 27.1 Å². The van der Waals surface area contributed by atoms with Gasteiger partial charge in [0.15, 0.2) is 0 Å². The van der Waals surface area contributed by atoms with Crippen LogP contribution in [0.5, 0.6) is 0 Å². The third-order valence-corrected chi connectivity index (χ3v) is 4.73. The molecule has 0 aliphatic rings. The molecule has 1 heterocycles. The maximum Gasteiger partial charge on any atom is 0.416 e. The monoisotopic (exact) mass is 361 g/mol. The van der Waals surface area contributed by atoms with E-state index in [1.54, 1.807) is 0 Å². The Balaban J connectivity index is 2.16. The van der Waals surface area contributed by atoms with E-state index in [0.717, 1.165) is 35.6 Å². The van der Waals surface area contributed by atoms with E-state index >= 15 is 0 Å². The number of benzene rings is 2. The van der Waals surface area contributed by atoms with Crippen molar-refractivity contribution in [2.75, 3.05) is 5.73 Å². The molecular weight excluding hydrogens is 352 g/mol. The Hall–Kier alpha value is -2.22. The smallest absolute Gasteiger partial charge is 0.397 e. The van der Waals surface area contributed by atoms with E-state index in [2.05, 4.69) is 0 Å². The van der Waals surface area contributed by atoms with Gasteiger partial charge in [0.05, 0.1) is 21.7 Å². The van der Waals surface area contributed by atoms with Gasteiger partial charge in [-0.3, -0.25) is 0 Å². The van der Waals surface area contributed by atoms with Crippen LogP contribution >= 0.6 is 11.3 Å². The lowest BCUT2D eigenvalue weighted by atomic mass is 10.1. The van der Waals surface area contributed by atoms with Crippen LogP contribution in [0.2, 0.25) is 0 Å². The van der Waals surface area contributed by atoms with Crippen LogP contribution in [-0.4, -0.2) is 0 Å². The number of thiophene rings is 1. The minimum absolute atomic E-state index is 0.169. The number of anilines is 1. The van der Waals surface area contributed by atoms with E-state index in [1.165, 1.54) is 18.2 Å². The van der Waals surface area contributed by atoms with Crippen molar-refractivity contribution in [2.45, 2.75) is 12.4 Å². The number of fused-ring (bicyclic) bond motifs is 1. The Morgan fingerprint density at radius 3 is 2.04 bits per heavy atom. The van der Waals surface area contributed by atoms with Crippen molar-refractivity contribution in [3.05, 3.63) is 53.6 Å². The summed E-state index contributed by atoms with van der Waals surface area (Å²) in [5, 5.41) is 0.389. The second-order valence-electron chi connectivity index (χ2n) is 5.13. The van der Waals surface area contributed by atoms with Gasteiger partial charge in [-0.15, -0.1) is 11.3 Å². The number of halogens is 6. The van der Waals surface area contributed by atoms with Crippen molar-refractivity contribution in [2.24, 2.45) is 0 Å². The Morgan fingerprint density at radius 1 is 0.792 bits per heavy atom. The summed E-state index contributed by atoms with van der Waals surface area (Å²) in [6.07, 6.45) is -9.01. The van der Waals surface area contributed by atoms with Gasteiger partial charge >= 0.3 is 12.4 Å². The fourth-order valence-corrected chi connectivity index (χ4v) is 3.50. The Kier molecular flexibility index (Phi) is 3.75. The van der Waals surface area contributed by atoms with Crippen LogP contribution in [0.25, 0.3) is 20.5 Å². The highest BCUT2D eigenvalue weighted by atomic mass is 32.1. The number of nitrogens with two attached hydrogens (primary N) is 1. The summed E-state index contributed by atoms with van der Waals surface area (Å²) in [5.41, 5.74) is 4.66. The molecule has 0 radical (unpaired) electrons. The first kappa shape index (κ1) is 16.6. The molecule has 0 aliphatic carbocycles. The molecule has 3 rings (SSSR count). The molecule has 0 atom stereocenters. The first-order valence-corrected chi connectivity index (χ1v) is 7.46. The molecule has 0 fully saturated rings. The Bertz CT molecular complexity index is 907. The van der Waals surface area contributed by atoms with Gasteiger partial charge in [0, 0.05) is 10.1 Å². The predicted octanol–water partition coefficient (Wildman–Crippen LogP) is 6.19. The molecule has 0 unspecified atom stereocenters. The molecule has 8 heteroatoms. The van der Waals surface area contributed by atoms with Gasteiger partial charge in [-0.25, -0.2) is 0 Å². The minimum atomic E-state index is -4.51. The first-order valence-electron chi connectivity index (χ1n) is 6.64. The van der Waals surface area contributed by atoms with Crippen LogP contribution in [0.1, 0.15) is 11.1 Å². The normalized spacial score (nSPS) is 12.8. The summed E-state index contributed by atoms with van der Waals surface area (Å²) in [6.45, 7) is 0. The van der Waals surface area contributed by atoms with E-state index in [4.69, 9.17) is 5.73 Å². The topological polar surface area (TPSA) is 26.0 Å². The van der Waals surface area contributed by atoms with E-state index in [1.807, 2.05) is 0 Å². The lowest BCUT2D eigenvalue weighted by molar-refractivity contribution is -0.138. The van der Waals surface area contributed by atoms with Gasteiger partial charge in [0.2, 0.25) is 0 Å². The maximum absolute atomic E-state index is 12.8. The molecule has 0 saturated carbocycles. The van der Waals surface area contributed by atoms with Crippen molar-refractivity contribution in [1.82, 2.24) is 0 Å². The quantitative estimate of drug-likeness (QED) is 0.514. The molecule has 0 amide bonds. The highest BCUT2D eigenvalue weighted by Gasteiger charge is 2.32. The molecule has 0 saturated heterocycles. The van der Waals surface area contributed by atoms with Crippen LogP contribution in [0.15, 0.2) is 42.5 Å². The first-order chi connectivity index (χ1) is 11.1. The van der Waals surface area contributed by atoms with Gasteiger partial charge < -0.3 is 5.73 Å². The number of nitrogen functional groups attached to an aromatic ring is 1.